The van der Waals surface area contributed by atoms with Crippen LogP contribution in [0, 0.1) is 0 Å². The summed E-state index contributed by atoms with van der Waals surface area (Å²) in [5.41, 5.74) is 1.89. The van der Waals surface area contributed by atoms with Crippen molar-refractivity contribution in [3.8, 4) is 5.75 Å². The standard InChI is InChI=1S/C19H23NO4/c1-11(2)23-15-7-5-6-13-14(20-17(21)8-9-18(20)22)10-16(19(13)15)24-12(3)4/h5-9,11-12,14,16H,10H2,1-4H3/t14-,16-/m0/s1. The van der Waals surface area contributed by atoms with Gasteiger partial charge in [-0.25, -0.2) is 0 Å². The zero-order chi connectivity index (χ0) is 17.4. The van der Waals surface area contributed by atoms with Crippen molar-refractivity contribution in [2.24, 2.45) is 0 Å². The van der Waals surface area contributed by atoms with E-state index in [0.717, 1.165) is 16.9 Å². The van der Waals surface area contributed by atoms with Gasteiger partial charge in [0, 0.05) is 24.1 Å². The maximum absolute atomic E-state index is 12.1. The van der Waals surface area contributed by atoms with Gasteiger partial charge in [0.15, 0.2) is 0 Å². The first-order valence-corrected chi connectivity index (χ1v) is 8.38. The average molecular weight is 329 g/mol. The zero-order valence-electron chi connectivity index (χ0n) is 14.5. The fraction of sp³-hybridized carbons (Fsp3) is 0.474. The van der Waals surface area contributed by atoms with E-state index in [1.807, 2.05) is 45.9 Å². The average Bonchev–Trinajstić information content (AvgIpc) is 2.99. The quantitative estimate of drug-likeness (QED) is 0.778. The molecule has 1 aliphatic heterocycles. The summed E-state index contributed by atoms with van der Waals surface area (Å²) >= 11 is 0. The number of benzene rings is 1. The van der Waals surface area contributed by atoms with Crippen molar-refractivity contribution in [2.75, 3.05) is 0 Å². The van der Waals surface area contributed by atoms with Crippen molar-refractivity contribution in [1.29, 1.82) is 0 Å². The second-order valence-electron chi connectivity index (χ2n) is 6.73. The Morgan fingerprint density at radius 2 is 1.71 bits per heavy atom. The summed E-state index contributed by atoms with van der Waals surface area (Å²) in [6, 6.07) is 5.47. The normalized spacial score (nSPS) is 22.8. The van der Waals surface area contributed by atoms with Crippen molar-refractivity contribution in [3.63, 3.8) is 0 Å². The first-order valence-electron chi connectivity index (χ1n) is 8.38. The number of imide groups is 1. The smallest absolute Gasteiger partial charge is 0.254 e. The molecule has 128 valence electrons. The van der Waals surface area contributed by atoms with Crippen LogP contribution in [-0.4, -0.2) is 28.9 Å². The molecule has 5 nitrogen and oxygen atoms in total. The number of carbonyl (C=O) groups excluding carboxylic acids is 2. The van der Waals surface area contributed by atoms with E-state index in [4.69, 9.17) is 9.47 Å². The van der Waals surface area contributed by atoms with E-state index in [0.29, 0.717) is 6.42 Å². The van der Waals surface area contributed by atoms with E-state index in [2.05, 4.69) is 0 Å². The van der Waals surface area contributed by atoms with Gasteiger partial charge in [0.25, 0.3) is 11.8 Å². The van der Waals surface area contributed by atoms with Crippen LogP contribution in [0.25, 0.3) is 0 Å². The lowest BCUT2D eigenvalue weighted by molar-refractivity contribution is -0.140. The van der Waals surface area contributed by atoms with Gasteiger partial charge in [-0.1, -0.05) is 12.1 Å². The monoisotopic (exact) mass is 329 g/mol. The molecule has 0 spiro atoms. The molecule has 2 atom stereocenters. The number of ether oxygens (including phenoxy) is 2. The van der Waals surface area contributed by atoms with Gasteiger partial charge in [-0.15, -0.1) is 0 Å². The highest BCUT2D eigenvalue weighted by atomic mass is 16.5. The van der Waals surface area contributed by atoms with Crippen molar-refractivity contribution in [2.45, 2.75) is 58.5 Å². The van der Waals surface area contributed by atoms with Gasteiger partial charge in [-0.05, 0) is 39.3 Å². The third-order valence-electron chi connectivity index (χ3n) is 4.17. The van der Waals surface area contributed by atoms with E-state index in [-0.39, 0.29) is 36.2 Å². The predicted octanol–water partition coefficient (Wildman–Crippen LogP) is 3.31. The Hall–Kier alpha value is -2.14. The van der Waals surface area contributed by atoms with Gasteiger partial charge in [-0.2, -0.15) is 0 Å². The lowest BCUT2D eigenvalue weighted by Crippen LogP contribution is -2.33. The molecule has 0 unspecified atom stereocenters. The Labute approximate surface area is 142 Å². The van der Waals surface area contributed by atoms with Crippen LogP contribution in [0.4, 0.5) is 0 Å². The molecule has 3 rings (SSSR count). The molecular weight excluding hydrogens is 306 g/mol. The Balaban J connectivity index is 2.02. The van der Waals surface area contributed by atoms with Crippen LogP contribution in [0.2, 0.25) is 0 Å². The number of amides is 2. The second-order valence-corrected chi connectivity index (χ2v) is 6.73. The highest BCUT2D eigenvalue weighted by Gasteiger charge is 2.42. The van der Waals surface area contributed by atoms with Crippen LogP contribution < -0.4 is 4.74 Å². The summed E-state index contributed by atoms with van der Waals surface area (Å²) in [6.07, 6.45) is 3.09. The van der Waals surface area contributed by atoms with Crippen molar-refractivity contribution >= 4 is 11.8 Å². The fourth-order valence-electron chi connectivity index (χ4n) is 3.42. The number of nitrogens with zero attached hydrogens (tertiary/aromatic N) is 1. The van der Waals surface area contributed by atoms with Crippen LogP contribution in [0.3, 0.4) is 0 Å². The maximum atomic E-state index is 12.1. The molecule has 24 heavy (non-hydrogen) atoms. The fourth-order valence-corrected chi connectivity index (χ4v) is 3.42. The summed E-state index contributed by atoms with van der Waals surface area (Å²) in [7, 11) is 0. The third-order valence-corrected chi connectivity index (χ3v) is 4.17. The van der Waals surface area contributed by atoms with Gasteiger partial charge in [0.1, 0.15) is 5.75 Å². The predicted molar refractivity (Wildman–Crippen MR) is 89.5 cm³/mol. The highest BCUT2D eigenvalue weighted by molar-refractivity contribution is 6.13. The number of rotatable bonds is 5. The van der Waals surface area contributed by atoms with E-state index < -0.39 is 0 Å². The van der Waals surface area contributed by atoms with Crippen molar-refractivity contribution in [3.05, 3.63) is 41.5 Å². The Morgan fingerprint density at radius 3 is 2.29 bits per heavy atom. The molecule has 1 heterocycles. The molecule has 0 N–H and O–H groups in total. The van der Waals surface area contributed by atoms with Crippen molar-refractivity contribution < 1.29 is 19.1 Å². The van der Waals surface area contributed by atoms with Gasteiger partial charge in [-0.3, -0.25) is 14.5 Å². The topological polar surface area (TPSA) is 55.8 Å². The zero-order valence-corrected chi connectivity index (χ0v) is 14.5. The van der Waals surface area contributed by atoms with Crippen LogP contribution in [0.15, 0.2) is 30.4 Å². The molecule has 5 heteroatoms. The largest absolute Gasteiger partial charge is 0.491 e. The Morgan fingerprint density at radius 1 is 1.04 bits per heavy atom. The molecule has 1 aromatic rings. The number of carbonyl (C=O) groups is 2. The SMILES string of the molecule is CC(C)Oc1cccc2c1[C@@H](OC(C)C)C[C@@H]2N1C(=O)C=CC1=O. The first-order chi connectivity index (χ1) is 11.4. The lowest BCUT2D eigenvalue weighted by Gasteiger charge is -2.23. The van der Waals surface area contributed by atoms with Gasteiger partial charge in [0.05, 0.1) is 24.4 Å². The number of hydrogen-bond acceptors (Lipinski definition) is 4. The van der Waals surface area contributed by atoms with Crippen LogP contribution in [0.5, 0.6) is 5.75 Å². The minimum absolute atomic E-state index is 0.0342. The molecule has 1 aromatic carbocycles. The van der Waals surface area contributed by atoms with Crippen LogP contribution >= 0.6 is 0 Å². The molecule has 2 aliphatic rings. The van der Waals surface area contributed by atoms with Gasteiger partial charge >= 0.3 is 0 Å². The summed E-state index contributed by atoms with van der Waals surface area (Å²) < 4.78 is 12.0. The maximum Gasteiger partial charge on any atom is 0.254 e. The van der Waals surface area contributed by atoms with Gasteiger partial charge in [0.2, 0.25) is 0 Å². The minimum atomic E-state index is -0.311. The third kappa shape index (κ3) is 2.96. The highest BCUT2D eigenvalue weighted by Crippen LogP contribution is 2.49. The molecule has 0 bridgehead atoms. The first kappa shape index (κ1) is 16.7. The second kappa shape index (κ2) is 6.40. The lowest BCUT2D eigenvalue weighted by atomic mass is 10.1. The van der Waals surface area contributed by atoms with Crippen LogP contribution in [-0.2, 0) is 14.3 Å². The molecule has 0 aromatic heterocycles. The molecule has 0 saturated carbocycles. The number of hydrogen-bond donors (Lipinski definition) is 0. The molecule has 0 fully saturated rings. The van der Waals surface area contributed by atoms with E-state index in [1.165, 1.54) is 17.1 Å². The summed E-state index contributed by atoms with van der Waals surface area (Å²) in [4.78, 5) is 25.6. The molecule has 2 amide bonds. The van der Waals surface area contributed by atoms with E-state index in [1.54, 1.807) is 0 Å². The van der Waals surface area contributed by atoms with Crippen molar-refractivity contribution in [1.82, 2.24) is 4.90 Å². The molecule has 0 saturated heterocycles. The molecular formula is C19H23NO4. The molecule has 0 radical (unpaired) electrons. The van der Waals surface area contributed by atoms with Gasteiger partial charge < -0.3 is 9.47 Å². The molecule has 1 aliphatic carbocycles. The Kier molecular flexibility index (Phi) is 4.45. The summed E-state index contributed by atoms with van der Waals surface area (Å²) in [5, 5.41) is 0. The Bertz CT molecular complexity index is 675. The van der Waals surface area contributed by atoms with Crippen LogP contribution in [0.1, 0.15) is 57.4 Å². The number of fused-ring (bicyclic) bond motifs is 1. The summed E-state index contributed by atoms with van der Waals surface area (Å²) in [5.74, 6) is 0.232. The minimum Gasteiger partial charge on any atom is -0.491 e. The van der Waals surface area contributed by atoms with E-state index in [9.17, 15) is 9.59 Å². The summed E-state index contributed by atoms with van der Waals surface area (Å²) in [6.45, 7) is 7.91. The van der Waals surface area contributed by atoms with E-state index >= 15 is 0 Å².